The first-order valence-corrected chi connectivity index (χ1v) is 32.7. The van der Waals surface area contributed by atoms with E-state index in [9.17, 15) is 65.4 Å². The number of ether oxygens (including phenoxy) is 6. The lowest BCUT2D eigenvalue weighted by Gasteiger charge is -2.50. The van der Waals surface area contributed by atoms with E-state index >= 15 is 0 Å². The van der Waals surface area contributed by atoms with Gasteiger partial charge in [-0.15, -0.1) is 0 Å². The maximum Gasteiger partial charge on any atom is 0.249 e. The zero-order chi connectivity index (χ0) is 62.0. The number of hydrogen-bond acceptors (Lipinski definition) is 19. The molecule has 3 saturated heterocycles. The minimum absolute atomic E-state index is 0.144. The molecule has 22 heteroatoms. The fraction of sp³-hybridized carbons (Fsp3) is 0.952. The summed E-state index contributed by atoms with van der Waals surface area (Å²) >= 11 is 0. The first kappa shape index (κ1) is 76.0. The molecule has 84 heavy (non-hydrogen) atoms. The molecule has 13 N–H and O–H groups in total. The van der Waals surface area contributed by atoms with Gasteiger partial charge in [0.25, 0.3) is 0 Å². The molecule has 0 radical (unpaired) electrons. The van der Waals surface area contributed by atoms with Gasteiger partial charge in [-0.3, -0.25) is 14.4 Å². The third-order valence-corrected chi connectivity index (χ3v) is 16.8. The highest BCUT2D eigenvalue weighted by Crippen LogP contribution is 2.34. The average Bonchev–Trinajstić information content (AvgIpc) is 2.56. The molecule has 19 unspecified atom stereocenters. The van der Waals surface area contributed by atoms with Crippen molar-refractivity contribution in [2.45, 2.75) is 351 Å². The minimum atomic E-state index is -1.92. The van der Waals surface area contributed by atoms with Crippen molar-refractivity contribution in [1.82, 2.24) is 16.0 Å². The van der Waals surface area contributed by atoms with Crippen LogP contribution in [0.3, 0.4) is 0 Å². The van der Waals surface area contributed by atoms with Gasteiger partial charge in [-0.2, -0.15) is 0 Å². The Balaban J connectivity index is 1.77. The van der Waals surface area contributed by atoms with Crippen molar-refractivity contribution < 1.29 is 93.9 Å². The summed E-state index contributed by atoms with van der Waals surface area (Å²) < 4.78 is 36.9. The summed E-state index contributed by atoms with van der Waals surface area (Å²) in [4.78, 5) is 39.3. The smallest absolute Gasteiger partial charge is 0.249 e. The highest BCUT2D eigenvalue weighted by molar-refractivity contribution is 5.80. The molecular formula is C62H117N3O19. The van der Waals surface area contributed by atoms with Crippen LogP contribution in [-0.2, 0) is 42.8 Å². The van der Waals surface area contributed by atoms with E-state index in [4.69, 9.17) is 28.4 Å². The third-order valence-electron chi connectivity index (χ3n) is 16.8. The zero-order valence-electron chi connectivity index (χ0n) is 52.0. The topological polar surface area (TPSA) is 345 Å². The Hall–Kier alpha value is -2.23. The predicted octanol–water partition coefficient (Wildman–Crippen LogP) is 4.71. The van der Waals surface area contributed by atoms with Crippen LogP contribution in [0.1, 0.15) is 234 Å². The quantitative estimate of drug-likeness (QED) is 0.0367. The van der Waals surface area contributed by atoms with Crippen LogP contribution >= 0.6 is 0 Å². The number of aliphatic hydroxyl groups is 10. The Labute approximate surface area is 502 Å². The zero-order valence-corrected chi connectivity index (χ0v) is 52.0. The molecule has 0 bridgehead atoms. The predicted molar refractivity (Wildman–Crippen MR) is 316 cm³/mol. The van der Waals surface area contributed by atoms with E-state index in [1.54, 1.807) is 0 Å². The summed E-state index contributed by atoms with van der Waals surface area (Å²) in [5, 5.41) is 118. The molecule has 0 aromatic carbocycles. The molecule has 0 spiro atoms. The van der Waals surface area contributed by atoms with Gasteiger partial charge in [-0.25, -0.2) is 0 Å². The molecule has 0 aromatic heterocycles. The van der Waals surface area contributed by atoms with Crippen LogP contribution in [0.5, 0.6) is 0 Å². The molecule has 22 nitrogen and oxygen atoms in total. The van der Waals surface area contributed by atoms with E-state index in [0.717, 1.165) is 71.6 Å². The van der Waals surface area contributed by atoms with Crippen LogP contribution in [-0.4, -0.2) is 205 Å². The van der Waals surface area contributed by atoms with Gasteiger partial charge in [0.15, 0.2) is 18.9 Å². The highest BCUT2D eigenvalue weighted by atomic mass is 16.8. The average molecular weight is 1210 g/mol. The second kappa shape index (κ2) is 43.4. The largest absolute Gasteiger partial charge is 0.394 e. The molecule has 3 amide bonds. The molecule has 3 rings (SSSR count). The fourth-order valence-electron chi connectivity index (χ4n) is 11.6. The first-order valence-electron chi connectivity index (χ1n) is 32.7. The standard InChI is InChI=1S/C62H117N3O19/c1-7-8-9-10-11-12-13-14-15-16-17-18-19-20-23-27-30-33-36-46(71)59(78)65-44(52(73)45(70)35-32-29-26-24-21-22-25-28-31-34-40(2)3)39-79-60-50(64-43(6)69)58(84-62-56(77)55(76)51(72)41(4)80-62)57(48(38-67)82-60)83-61-49(63-42(5)68)54(75)53(74)47(37-66)81-61/h40-41,44-58,60-62,66-67,70-77H,7-39H2,1-6H3,(H,63,68)(H,64,69)(H,65,78). The van der Waals surface area contributed by atoms with Crippen molar-refractivity contribution in [2.75, 3.05) is 19.8 Å². The first-order chi connectivity index (χ1) is 40.2. The SMILES string of the molecule is CCCCCCCCCCCCCCCCCCCCC(O)C(=O)NC(COC1OC(CO)C(OC2OC(CO)C(O)C(O)C2NC(C)=O)C(OC2OC(C)C(O)C(O)C2O)C1NC(C)=O)C(O)C(O)CCCCCCCCCCCC(C)C. The third kappa shape index (κ3) is 28.1. The monoisotopic (exact) mass is 1210 g/mol. The maximum absolute atomic E-state index is 13.8. The molecule has 3 aliphatic heterocycles. The van der Waals surface area contributed by atoms with Gasteiger partial charge in [0.2, 0.25) is 17.7 Å². The number of aliphatic hydroxyl groups excluding tert-OH is 10. The molecule has 0 aliphatic carbocycles. The van der Waals surface area contributed by atoms with Gasteiger partial charge >= 0.3 is 0 Å². The van der Waals surface area contributed by atoms with Gasteiger partial charge in [0.1, 0.15) is 79.2 Å². The molecule has 3 fully saturated rings. The van der Waals surface area contributed by atoms with Crippen molar-refractivity contribution in [3.8, 4) is 0 Å². The van der Waals surface area contributed by atoms with E-state index in [-0.39, 0.29) is 12.8 Å². The Morgan fingerprint density at radius 3 is 1.40 bits per heavy atom. The number of carbonyl (C=O) groups is 3. The van der Waals surface area contributed by atoms with Crippen molar-refractivity contribution in [3.05, 3.63) is 0 Å². The molecular weight excluding hydrogens is 1090 g/mol. The van der Waals surface area contributed by atoms with Crippen molar-refractivity contribution in [3.63, 3.8) is 0 Å². The van der Waals surface area contributed by atoms with Gasteiger partial charge in [-0.1, -0.05) is 201 Å². The van der Waals surface area contributed by atoms with Gasteiger partial charge in [0, 0.05) is 13.8 Å². The van der Waals surface area contributed by atoms with Gasteiger partial charge < -0.3 is 95.4 Å². The lowest BCUT2D eigenvalue weighted by atomic mass is 9.93. The van der Waals surface area contributed by atoms with Crippen LogP contribution in [0, 0.1) is 5.92 Å². The van der Waals surface area contributed by atoms with E-state index < -0.39 is 154 Å². The van der Waals surface area contributed by atoms with Crippen LogP contribution in [0.2, 0.25) is 0 Å². The second-order valence-electron chi connectivity index (χ2n) is 24.7. The van der Waals surface area contributed by atoms with Gasteiger partial charge in [-0.05, 0) is 25.7 Å². The molecule has 0 aromatic rings. The summed E-state index contributed by atoms with van der Waals surface area (Å²) in [6, 6.07) is -4.44. The molecule has 0 saturated carbocycles. The summed E-state index contributed by atoms with van der Waals surface area (Å²) in [6.45, 7) is 8.09. The number of nitrogens with one attached hydrogen (secondary N) is 3. The summed E-state index contributed by atoms with van der Waals surface area (Å²) in [5.41, 5.74) is 0. The number of rotatable bonds is 46. The Kier molecular flexibility index (Phi) is 39.3. The van der Waals surface area contributed by atoms with Crippen molar-refractivity contribution >= 4 is 17.7 Å². The summed E-state index contributed by atoms with van der Waals surface area (Å²) in [6.07, 6.45) is 6.56. The normalized spacial score (nSPS) is 29.8. The number of carbonyl (C=O) groups excluding carboxylic acids is 3. The van der Waals surface area contributed by atoms with E-state index in [1.807, 2.05) is 0 Å². The maximum atomic E-state index is 13.8. The van der Waals surface area contributed by atoms with Crippen LogP contribution in [0.25, 0.3) is 0 Å². The van der Waals surface area contributed by atoms with E-state index in [2.05, 4.69) is 36.7 Å². The minimum Gasteiger partial charge on any atom is -0.394 e. The second-order valence-corrected chi connectivity index (χ2v) is 24.7. The van der Waals surface area contributed by atoms with Crippen molar-refractivity contribution in [2.24, 2.45) is 5.92 Å². The highest BCUT2D eigenvalue weighted by Gasteiger charge is 2.55. The number of unbranched alkanes of at least 4 members (excludes halogenated alkanes) is 25. The van der Waals surface area contributed by atoms with Crippen molar-refractivity contribution in [1.29, 1.82) is 0 Å². The van der Waals surface area contributed by atoms with Crippen LogP contribution < -0.4 is 16.0 Å². The Morgan fingerprint density at radius 1 is 0.488 bits per heavy atom. The molecule has 3 heterocycles. The molecule has 494 valence electrons. The summed E-state index contributed by atoms with van der Waals surface area (Å²) in [7, 11) is 0. The van der Waals surface area contributed by atoms with E-state index in [1.165, 1.54) is 116 Å². The molecule has 19 atom stereocenters. The van der Waals surface area contributed by atoms with Gasteiger partial charge in [0.05, 0.1) is 38.1 Å². The fourth-order valence-corrected chi connectivity index (χ4v) is 11.6. The number of amides is 3. The summed E-state index contributed by atoms with van der Waals surface area (Å²) in [5.74, 6) is -1.48. The lowest BCUT2D eigenvalue weighted by Crippen LogP contribution is -2.71. The Morgan fingerprint density at radius 2 is 0.929 bits per heavy atom. The van der Waals surface area contributed by atoms with Crippen LogP contribution in [0.15, 0.2) is 0 Å². The molecule has 3 aliphatic rings. The Bertz CT molecular complexity index is 1730. The number of hydrogen-bond donors (Lipinski definition) is 13. The lowest BCUT2D eigenvalue weighted by molar-refractivity contribution is -0.366. The van der Waals surface area contributed by atoms with E-state index in [0.29, 0.717) is 18.8 Å². The van der Waals surface area contributed by atoms with Crippen LogP contribution in [0.4, 0.5) is 0 Å².